The molecule has 4 rings (SSSR count). The minimum absolute atomic E-state index is 0.0676. The number of carbonyl (C=O) groups excluding carboxylic acids is 2. The molecule has 29 heavy (non-hydrogen) atoms. The number of nitrogens with zero attached hydrogens (tertiary/aromatic N) is 1. The summed E-state index contributed by atoms with van der Waals surface area (Å²) in [5.41, 5.74) is -2.23. The number of alkyl carbamates (subject to hydrolysis) is 1. The molecule has 158 valence electrons. The highest BCUT2D eigenvalue weighted by molar-refractivity contribution is 6.31. The Bertz CT molecular complexity index is 849. The Morgan fingerprint density at radius 2 is 1.97 bits per heavy atom. The van der Waals surface area contributed by atoms with Gasteiger partial charge in [0.25, 0.3) is 5.92 Å². The maximum absolute atomic E-state index is 15.3. The van der Waals surface area contributed by atoms with Crippen molar-refractivity contribution in [3.63, 3.8) is 0 Å². The van der Waals surface area contributed by atoms with Crippen LogP contribution in [0.4, 0.5) is 18.0 Å². The van der Waals surface area contributed by atoms with Crippen molar-refractivity contribution in [1.82, 2.24) is 10.2 Å². The largest absolute Gasteiger partial charge is 0.447 e. The number of amides is 2. The molecule has 0 bridgehead atoms. The second-order valence-electron chi connectivity index (χ2n) is 8.67. The third-order valence-corrected chi connectivity index (χ3v) is 6.99. The van der Waals surface area contributed by atoms with Gasteiger partial charge in [0.15, 0.2) is 0 Å². The van der Waals surface area contributed by atoms with Crippen LogP contribution in [0.3, 0.4) is 0 Å². The van der Waals surface area contributed by atoms with Gasteiger partial charge in [0, 0.05) is 30.0 Å². The molecule has 1 N–H and O–H groups in total. The maximum Gasteiger partial charge on any atom is 0.407 e. The molecule has 0 atom stereocenters. The molecule has 1 aromatic rings. The summed E-state index contributed by atoms with van der Waals surface area (Å²) in [5, 5.41) is 2.45. The van der Waals surface area contributed by atoms with Crippen molar-refractivity contribution >= 4 is 23.6 Å². The molecule has 3 fully saturated rings. The Hall–Kier alpha value is -1.96. The third kappa shape index (κ3) is 3.35. The Balaban J connectivity index is 1.39. The fraction of sp³-hybridized carbons (Fsp3) is 0.600. The number of hydrogen-bond donors (Lipinski definition) is 1. The van der Waals surface area contributed by atoms with Gasteiger partial charge in [-0.2, -0.15) is 0 Å². The minimum Gasteiger partial charge on any atom is -0.447 e. The Labute approximate surface area is 171 Å². The summed E-state index contributed by atoms with van der Waals surface area (Å²) in [6.45, 7) is 2.18. The van der Waals surface area contributed by atoms with Crippen LogP contribution in [0.2, 0.25) is 5.02 Å². The smallest absolute Gasteiger partial charge is 0.407 e. The molecule has 2 heterocycles. The van der Waals surface area contributed by atoms with Gasteiger partial charge in [0.1, 0.15) is 12.4 Å². The first-order valence-corrected chi connectivity index (χ1v) is 10.0. The van der Waals surface area contributed by atoms with E-state index < -0.39 is 28.8 Å². The number of hydrogen-bond acceptors (Lipinski definition) is 3. The third-order valence-electron chi connectivity index (χ3n) is 6.68. The first-order chi connectivity index (χ1) is 13.6. The number of nitrogens with one attached hydrogen (secondary N) is 1. The van der Waals surface area contributed by atoms with E-state index in [4.69, 9.17) is 16.3 Å². The van der Waals surface area contributed by atoms with Crippen LogP contribution >= 0.6 is 11.6 Å². The summed E-state index contributed by atoms with van der Waals surface area (Å²) in [6.07, 6.45) is 0.763. The second-order valence-corrected chi connectivity index (χ2v) is 9.08. The number of cyclic esters (lactones) is 1. The zero-order valence-electron chi connectivity index (χ0n) is 15.9. The molecule has 2 amide bonds. The van der Waals surface area contributed by atoms with Crippen LogP contribution in [-0.4, -0.2) is 42.1 Å². The molecule has 1 aromatic carbocycles. The summed E-state index contributed by atoms with van der Waals surface area (Å²) in [7, 11) is 0. The number of benzene rings is 1. The Kier molecular flexibility index (Phi) is 4.76. The van der Waals surface area contributed by atoms with Gasteiger partial charge in [-0.15, -0.1) is 0 Å². The highest BCUT2D eigenvalue weighted by atomic mass is 35.5. The van der Waals surface area contributed by atoms with Crippen molar-refractivity contribution in [2.45, 2.75) is 44.1 Å². The van der Waals surface area contributed by atoms with E-state index in [9.17, 15) is 14.0 Å². The van der Waals surface area contributed by atoms with Crippen LogP contribution in [-0.2, 0) is 15.5 Å². The predicted molar refractivity (Wildman–Crippen MR) is 99.2 cm³/mol. The first-order valence-electron chi connectivity index (χ1n) is 9.62. The molecule has 0 unspecified atom stereocenters. The van der Waals surface area contributed by atoms with Crippen LogP contribution in [0, 0.1) is 17.2 Å². The van der Waals surface area contributed by atoms with Gasteiger partial charge in [-0.3, -0.25) is 4.79 Å². The second kappa shape index (κ2) is 6.79. The molecule has 1 saturated carbocycles. The molecule has 2 saturated heterocycles. The molecule has 0 radical (unpaired) electrons. The van der Waals surface area contributed by atoms with E-state index in [1.807, 2.05) is 0 Å². The monoisotopic (exact) mass is 430 g/mol. The number of ether oxygens (including phenoxy) is 1. The molecule has 9 heteroatoms. The maximum atomic E-state index is 15.3. The van der Waals surface area contributed by atoms with Crippen LogP contribution in [0.25, 0.3) is 0 Å². The van der Waals surface area contributed by atoms with Gasteiger partial charge in [0.2, 0.25) is 5.91 Å². The molecule has 5 nitrogen and oxygen atoms in total. The SMILES string of the molecule is CC1(C(F)(F)c2ccc(F)cc2Cl)CCN(C(=O)[C@H]2C[C@]3(COC(=O)N3)C2)CC1. The highest BCUT2D eigenvalue weighted by Crippen LogP contribution is 2.53. The lowest BCUT2D eigenvalue weighted by Crippen LogP contribution is -2.59. The summed E-state index contributed by atoms with van der Waals surface area (Å²) in [6, 6.07) is 2.91. The predicted octanol–water partition coefficient (Wildman–Crippen LogP) is 4.09. The molecule has 0 aromatic heterocycles. The summed E-state index contributed by atoms with van der Waals surface area (Å²) >= 11 is 5.89. The van der Waals surface area contributed by atoms with Crippen LogP contribution in [0.1, 0.15) is 38.2 Å². The number of rotatable bonds is 3. The molecule has 2 aliphatic heterocycles. The van der Waals surface area contributed by atoms with E-state index >= 15 is 8.78 Å². The standard InChI is InChI=1S/C20H22ClF3N2O3/c1-18(20(23,24)14-3-2-13(22)8-15(14)21)4-6-26(7-5-18)16(27)12-9-19(10-12)11-29-17(28)25-19/h2-3,8,12H,4-7,9-11H2,1H3,(H,25,28)/t12-,19+. The molecular formula is C20H22ClF3N2O3. The zero-order valence-corrected chi connectivity index (χ0v) is 16.7. The molecule has 3 aliphatic rings. The van der Waals surface area contributed by atoms with E-state index in [-0.39, 0.29) is 54.9 Å². The van der Waals surface area contributed by atoms with Crippen LogP contribution in [0.15, 0.2) is 18.2 Å². The first kappa shape index (κ1) is 20.3. The van der Waals surface area contributed by atoms with Crippen molar-refractivity contribution in [3.8, 4) is 0 Å². The van der Waals surface area contributed by atoms with Gasteiger partial charge in [-0.05, 0) is 43.9 Å². The van der Waals surface area contributed by atoms with Crippen molar-refractivity contribution in [3.05, 3.63) is 34.6 Å². The van der Waals surface area contributed by atoms with E-state index in [0.29, 0.717) is 12.8 Å². The quantitative estimate of drug-likeness (QED) is 0.785. The summed E-state index contributed by atoms with van der Waals surface area (Å²) in [5.74, 6) is -4.21. The fourth-order valence-corrected chi connectivity index (χ4v) is 4.92. The van der Waals surface area contributed by atoms with Crippen molar-refractivity contribution in [2.75, 3.05) is 19.7 Å². The van der Waals surface area contributed by atoms with E-state index in [2.05, 4.69) is 5.32 Å². The van der Waals surface area contributed by atoms with Gasteiger partial charge in [-0.25, -0.2) is 18.0 Å². The van der Waals surface area contributed by atoms with Crippen molar-refractivity contribution < 1.29 is 27.5 Å². The van der Waals surface area contributed by atoms with E-state index in [0.717, 1.165) is 18.2 Å². The van der Waals surface area contributed by atoms with Crippen molar-refractivity contribution in [1.29, 1.82) is 0 Å². The van der Waals surface area contributed by atoms with Crippen molar-refractivity contribution in [2.24, 2.45) is 11.3 Å². The van der Waals surface area contributed by atoms with Gasteiger partial charge in [-0.1, -0.05) is 18.5 Å². The lowest BCUT2D eigenvalue weighted by Gasteiger charge is -2.47. The number of halogens is 4. The normalized spacial score (nSPS) is 28.7. The van der Waals surface area contributed by atoms with Gasteiger partial charge >= 0.3 is 6.09 Å². The Morgan fingerprint density at radius 3 is 2.52 bits per heavy atom. The average molecular weight is 431 g/mol. The van der Waals surface area contributed by atoms with E-state index in [1.54, 1.807) is 4.90 Å². The molecule has 1 aliphatic carbocycles. The minimum atomic E-state index is -3.25. The number of likely N-dealkylation sites (tertiary alicyclic amines) is 1. The lowest BCUT2D eigenvalue weighted by atomic mass is 9.67. The van der Waals surface area contributed by atoms with Crippen LogP contribution < -0.4 is 5.32 Å². The van der Waals surface area contributed by atoms with Gasteiger partial charge < -0.3 is 15.0 Å². The fourth-order valence-electron chi connectivity index (χ4n) is 4.63. The van der Waals surface area contributed by atoms with E-state index in [1.165, 1.54) is 6.92 Å². The number of alkyl halides is 2. The number of piperidine rings is 1. The van der Waals surface area contributed by atoms with Crippen LogP contribution in [0.5, 0.6) is 0 Å². The zero-order chi connectivity index (χ0) is 21.0. The lowest BCUT2D eigenvalue weighted by molar-refractivity contribution is -0.160. The Morgan fingerprint density at radius 1 is 1.31 bits per heavy atom. The number of carbonyl (C=O) groups is 2. The average Bonchev–Trinajstić information content (AvgIpc) is 3.02. The topological polar surface area (TPSA) is 58.6 Å². The molecular weight excluding hydrogens is 409 g/mol. The summed E-state index contributed by atoms with van der Waals surface area (Å²) in [4.78, 5) is 25.6. The highest BCUT2D eigenvalue weighted by Gasteiger charge is 2.56. The van der Waals surface area contributed by atoms with Gasteiger partial charge in [0.05, 0.1) is 10.6 Å². The molecule has 1 spiro atoms. The summed E-state index contributed by atoms with van der Waals surface area (Å²) < 4.78 is 48.7.